The lowest BCUT2D eigenvalue weighted by Gasteiger charge is -2.26. The van der Waals surface area contributed by atoms with E-state index in [2.05, 4.69) is 12.2 Å². The molecule has 1 rings (SSSR count). The fraction of sp³-hybridized carbons (Fsp3) is 0.900. The van der Waals surface area contributed by atoms with Gasteiger partial charge in [-0.05, 0) is 31.6 Å². The summed E-state index contributed by atoms with van der Waals surface area (Å²) in [6.07, 6.45) is 4.81. The summed E-state index contributed by atoms with van der Waals surface area (Å²) in [7, 11) is 1.70. The first-order valence-corrected chi connectivity index (χ1v) is 5.20. The minimum atomic E-state index is 0.0783. The van der Waals surface area contributed by atoms with E-state index in [1.54, 1.807) is 7.05 Å². The van der Waals surface area contributed by atoms with Crippen LogP contribution in [0.15, 0.2) is 0 Å². The molecule has 0 saturated carbocycles. The van der Waals surface area contributed by atoms with Gasteiger partial charge in [0.25, 0.3) is 0 Å². The predicted octanol–water partition coefficient (Wildman–Crippen LogP) is 1.84. The Bertz CT molecular complexity index is 160. The second-order valence-electron chi connectivity index (χ2n) is 3.93. The van der Waals surface area contributed by atoms with Gasteiger partial charge in [0.15, 0.2) is 0 Å². The molecule has 0 bridgehead atoms. The molecule has 0 unspecified atom stereocenters. The maximum absolute atomic E-state index is 11.3. The summed E-state index contributed by atoms with van der Waals surface area (Å²) in [6.45, 7) is 4.14. The van der Waals surface area contributed by atoms with E-state index in [1.807, 2.05) is 4.90 Å². The van der Waals surface area contributed by atoms with Crippen LogP contribution in [0.25, 0.3) is 0 Å². The maximum atomic E-state index is 11.3. The van der Waals surface area contributed by atoms with Crippen molar-refractivity contribution in [1.82, 2.24) is 10.2 Å². The molecule has 13 heavy (non-hydrogen) atoms. The topological polar surface area (TPSA) is 32.3 Å². The molecule has 0 spiro atoms. The van der Waals surface area contributed by atoms with Crippen LogP contribution in [0.4, 0.5) is 4.79 Å². The van der Waals surface area contributed by atoms with Crippen molar-refractivity contribution in [3.63, 3.8) is 0 Å². The molecule has 2 amide bonds. The molecule has 3 nitrogen and oxygen atoms in total. The van der Waals surface area contributed by atoms with Crippen LogP contribution >= 0.6 is 0 Å². The number of amides is 2. The van der Waals surface area contributed by atoms with Crippen molar-refractivity contribution >= 4 is 6.03 Å². The highest BCUT2D eigenvalue weighted by molar-refractivity contribution is 5.73. The zero-order valence-corrected chi connectivity index (χ0v) is 8.68. The Morgan fingerprint density at radius 1 is 1.31 bits per heavy atom. The van der Waals surface area contributed by atoms with Crippen molar-refractivity contribution < 1.29 is 4.79 Å². The fourth-order valence-electron chi connectivity index (χ4n) is 1.88. The van der Waals surface area contributed by atoms with Crippen LogP contribution in [-0.4, -0.2) is 31.1 Å². The van der Waals surface area contributed by atoms with E-state index in [4.69, 9.17) is 0 Å². The highest BCUT2D eigenvalue weighted by Gasteiger charge is 2.14. The summed E-state index contributed by atoms with van der Waals surface area (Å²) in [4.78, 5) is 13.3. The third-order valence-electron chi connectivity index (χ3n) is 2.75. The lowest BCUT2D eigenvalue weighted by atomic mass is 9.98. The molecule has 0 aliphatic carbocycles. The average Bonchev–Trinajstić information content (AvgIpc) is 2.10. The summed E-state index contributed by atoms with van der Waals surface area (Å²) in [5, 5.41) is 2.68. The molecule has 0 atom stereocenters. The molecule has 0 aromatic carbocycles. The zero-order chi connectivity index (χ0) is 9.68. The van der Waals surface area contributed by atoms with Crippen molar-refractivity contribution in [2.75, 3.05) is 20.1 Å². The van der Waals surface area contributed by atoms with Gasteiger partial charge in [0.05, 0.1) is 0 Å². The van der Waals surface area contributed by atoms with Gasteiger partial charge in [-0.15, -0.1) is 0 Å². The van der Waals surface area contributed by atoms with Crippen molar-refractivity contribution in [3.8, 4) is 0 Å². The van der Waals surface area contributed by atoms with Gasteiger partial charge in [-0.1, -0.05) is 6.92 Å². The molecule has 1 aliphatic heterocycles. The lowest BCUT2D eigenvalue weighted by molar-refractivity contribution is 0.190. The zero-order valence-electron chi connectivity index (χ0n) is 8.68. The van der Waals surface area contributed by atoms with E-state index in [-0.39, 0.29) is 6.03 Å². The van der Waals surface area contributed by atoms with E-state index in [1.165, 1.54) is 12.8 Å². The Kier molecular flexibility index (Phi) is 4.06. The average molecular weight is 184 g/mol. The molecular weight excluding hydrogens is 164 g/mol. The van der Waals surface area contributed by atoms with Crippen molar-refractivity contribution in [2.45, 2.75) is 32.6 Å². The van der Waals surface area contributed by atoms with Gasteiger partial charge in [-0.25, -0.2) is 4.79 Å². The summed E-state index contributed by atoms with van der Waals surface area (Å²) in [5.74, 6) is 0.840. The van der Waals surface area contributed by atoms with E-state index < -0.39 is 0 Å². The Balaban J connectivity index is 2.36. The number of hydrogen-bond donors (Lipinski definition) is 1. The number of hydrogen-bond acceptors (Lipinski definition) is 1. The Labute approximate surface area is 80.5 Å². The molecule has 76 valence electrons. The van der Waals surface area contributed by atoms with Crippen LogP contribution < -0.4 is 5.32 Å². The highest BCUT2D eigenvalue weighted by atomic mass is 16.2. The largest absolute Gasteiger partial charge is 0.341 e. The van der Waals surface area contributed by atoms with E-state index in [0.29, 0.717) is 0 Å². The Morgan fingerprint density at radius 2 is 1.85 bits per heavy atom. The maximum Gasteiger partial charge on any atom is 0.317 e. The van der Waals surface area contributed by atoms with Crippen molar-refractivity contribution in [1.29, 1.82) is 0 Å². The Hall–Kier alpha value is -0.730. The quantitative estimate of drug-likeness (QED) is 0.612. The predicted molar refractivity (Wildman–Crippen MR) is 53.7 cm³/mol. The molecule has 0 aromatic rings. The number of rotatable bonds is 0. The van der Waals surface area contributed by atoms with Crippen LogP contribution in [0.3, 0.4) is 0 Å². The normalized spacial score (nSPS) is 20.6. The first-order chi connectivity index (χ1) is 6.24. The monoisotopic (exact) mass is 184 g/mol. The Morgan fingerprint density at radius 3 is 2.31 bits per heavy atom. The minimum Gasteiger partial charge on any atom is -0.341 e. The van der Waals surface area contributed by atoms with Crippen molar-refractivity contribution in [3.05, 3.63) is 0 Å². The SMILES string of the molecule is CNC(=O)N1CCCC(C)CCC1. The summed E-state index contributed by atoms with van der Waals surface area (Å²) in [6, 6.07) is 0.0783. The molecule has 1 aliphatic rings. The van der Waals surface area contributed by atoms with Gasteiger partial charge < -0.3 is 10.2 Å². The third-order valence-corrected chi connectivity index (χ3v) is 2.75. The van der Waals surface area contributed by atoms with Crippen LogP contribution in [-0.2, 0) is 0 Å². The standard InChI is InChI=1S/C10H20N2O/c1-9-5-3-7-12(8-4-6-9)10(13)11-2/h9H,3-8H2,1-2H3,(H,11,13). The van der Waals surface area contributed by atoms with Crippen LogP contribution in [0.5, 0.6) is 0 Å². The molecule has 0 radical (unpaired) electrons. The number of likely N-dealkylation sites (tertiary alicyclic amines) is 1. The second-order valence-corrected chi connectivity index (χ2v) is 3.93. The molecule has 3 heteroatoms. The van der Waals surface area contributed by atoms with E-state index >= 15 is 0 Å². The third kappa shape index (κ3) is 3.25. The number of urea groups is 1. The van der Waals surface area contributed by atoms with Gasteiger partial charge in [-0.2, -0.15) is 0 Å². The minimum absolute atomic E-state index is 0.0783. The summed E-state index contributed by atoms with van der Waals surface area (Å²) < 4.78 is 0. The van der Waals surface area contributed by atoms with Gasteiger partial charge in [0.1, 0.15) is 0 Å². The molecule has 1 heterocycles. The summed E-state index contributed by atoms with van der Waals surface area (Å²) >= 11 is 0. The van der Waals surface area contributed by atoms with Crippen molar-refractivity contribution in [2.24, 2.45) is 5.92 Å². The molecule has 1 saturated heterocycles. The number of carbonyl (C=O) groups is 1. The van der Waals surface area contributed by atoms with Gasteiger partial charge in [-0.3, -0.25) is 0 Å². The van der Waals surface area contributed by atoms with Gasteiger partial charge in [0.2, 0.25) is 0 Å². The molecule has 0 aromatic heterocycles. The van der Waals surface area contributed by atoms with Crippen LogP contribution in [0.1, 0.15) is 32.6 Å². The van der Waals surface area contributed by atoms with Crippen LogP contribution in [0.2, 0.25) is 0 Å². The lowest BCUT2D eigenvalue weighted by Crippen LogP contribution is -2.40. The molecule has 1 fully saturated rings. The number of nitrogens with zero attached hydrogens (tertiary/aromatic N) is 1. The number of nitrogens with one attached hydrogen (secondary N) is 1. The van der Waals surface area contributed by atoms with Gasteiger partial charge in [0, 0.05) is 20.1 Å². The molecule has 1 N–H and O–H groups in total. The number of carbonyl (C=O) groups excluding carboxylic acids is 1. The van der Waals surface area contributed by atoms with Crippen LogP contribution in [0, 0.1) is 5.92 Å². The first kappa shape index (κ1) is 10.4. The first-order valence-electron chi connectivity index (χ1n) is 5.20. The van der Waals surface area contributed by atoms with E-state index in [0.717, 1.165) is 31.8 Å². The van der Waals surface area contributed by atoms with E-state index in [9.17, 15) is 4.79 Å². The summed E-state index contributed by atoms with van der Waals surface area (Å²) in [5.41, 5.74) is 0. The smallest absolute Gasteiger partial charge is 0.317 e. The van der Waals surface area contributed by atoms with Gasteiger partial charge >= 0.3 is 6.03 Å². The fourth-order valence-corrected chi connectivity index (χ4v) is 1.88. The highest BCUT2D eigenvalue weighted by Crippen LogP contribution is 2.16. The molecular formula is C10H20N2O. The second kappa shape index (κ2) is 5.10.